The minimum atomic E-state index is -0.551. The van der Waals surface area contributed by atoms with Crippen LogP contribution < -0.4 is 10.1 Å². The van der Waals surface area contributed by atoms with Gasteiger partial charge < -0.3 is 14.8 Å². The molecule has 2 aromatic carbocycles. The lowest BCUT2D eigenvalue weighted by Crippen LogP contribution is -2.38. The summed E-state index contributed by atoms with van der Waals surface area (Å²) < 4.78 is 11.3. The molecule has 1 atom stereocenters. The zero-order valence-electron chi connectivity index (χ0n) is 16.1. The standard InChI is InChI=1S/C22H29NO3/c1-17(26-20-12-10-19(11-13-20)22(2,3)4)21(24)23-14-15-25-16-18-8-6-5-7-9-18/h5-13,17H,14-16H2,1-4H3,(H,23,24). The van der Waals surface area contributed by atoms with Crippen molar-refractivity contribution in [3.05, 3.63) is 65.7 Å². The average Bonchev–Trinajstić information content (AvgIpc) is 2.62. The van der Waals surface area contributed by atoms with Crippen LogP contribution in [0.4, 0.5) is 0 Å². The minimum absolute atomic E-state index is 0.0985. The van der Waals surface area contributed by atoms with Crippen molar-refractivity contribution in [2.45, 2.75) is 45.8 Å². The molecule has 140 valence electrons. The Morgan fingerprint density at radius 1 is 1.04 bits per heavy atom. The Morgan fingerprint density at radius 2 is 1.69 bits per heavy atom. The van der Waals surface area contributed by atoms with Crippen molar-refractivity contribution in [1.82, 2.24) is 5.32 Å². The summed E-state index contributed by atoms with van der Waals surface area (Å²) in [5.74, 6) is 0.550. The fourth-order valence-corrected chi connectivity index (χ4v) is 2.45. The number of nitrogens with one attached hydrogen (secondary N) is 1. The molecule has 4 heteroatoms. The molecule has 1 unspecified atom stereocenters. The van der Waals surface area contributed by atoms with E-state index in [-0.39, 0.29) is 11.3 Å². The molecule has 0 aromatic heterocycles. The van der Waals surface area contributed by atoms with Gasteiger partial charge in [-0.05, 0) is 35.6 Å². The maximum atomic E-state index is 12.1. The van der Waals surface area contributed by atoms with E-state index in [1.165, 1.54) is 5.56 Å². The van der Waals surface area contributed by atoms with Gasteiger partial charge >= 0.3 is 0 Å². The van der Waals surface area contributed by atoms with Crippen LogP contribution >= 0.6 is 0 Å². The molecule has 1 N–H and O–H groups in total. The highest BCUT2D eigenvalue weighted by Crippen LogP contribution is 2.24. The first-order valence-electron chi connectivity index (χ1n) is 9.03. The van der Waals surface area contributed by atoms with Crippen molar-refractivity contribution in [3.63, 3.8) is 0 Å². The molecule has 0 aliphatic carbocycles. The summed E-state index contributed by atoms with van der Waals surface area (Å²) in [4.78, 5) is 12.1. The summed E-state index contributed by atoms with van der Waals surface area (Å²) in [6, 6.07) is 17.9. The Balaban J connectivity index is 1.68. The van der Waals surface area contributed by atoms with Gasteiger partial charge in [0.05, 0.1) is 13.2 Å². The summed E-state index contributed by atoms with van der Waals surface area (Å²) in [7, 11) is 0. The Labute approximate surface area is 156 Å². The van der Waals surface area contributed by atoms with Crippen molar-refractivity contribution < 1.29 is 14.3 Å². The number of ether oxygens (including phenoxy) is 2. The zero-order valence-corrected chi connectivity index (χ0v) is 16.1. The van der Waals surface area contributed by atoms with Crippen molar-refractivity contribution in [2.24, 2.45) is 0 Å². The van der Waals surface area contributed by atoms with Crippen LogP contribution in [0, 0.1) is 0 Å². The number of benzene rings is 2. The minimum Gasteiger partial charge on any atom is -0.481 e. The quantitative estimate of drug-likeness (QED) is 0.726. The highest BCUT2D eigenvalue weighted by molar-refractivity contribution is 5.80. The van der Waals surface area contributed by atoms with Gasteiger partial charge in [0.2, 0.25) is 0 Å². The first-order chi connectivity index (χ1) is 12.4. The van der Waals surface area contributed by atoms with Crippen LogP contribution in [0.3, 0.4) is 0 Å². The largest absolute Gasteiger partial charge is 0.481 e. The van der Waals surface area contributed by atoms with Gasteiger partial charge in [0, 0.05) is 6.54 Å². The van der Waals surface area contributed by atoms with Crippen LogP contribution in [0.1, 0.15) is 38.8 Å². The summed E-state index contributed by atoms with van der Waals surface area (Å²) in [6.07, 6.45) is -0.551. The Hall–Kier alpha value is -2.33. The van der Waals surface area contributed by atoms with E-state index in [0.717, 1.165) is 5.56 Å². The van der Waals surface area contributed by atoms with Crippen LogP contribution in [-0.4, -0.2) is 25.2 Å². The number of rotatable bonds is 8. The maximum Gasteiger partial charge on any atom is 0.260 e. The van der Waals surface area contributed by atoms with Crippen molar-refractivity contribution in [1.29, 1.82) is 0 Å². The molecule has 0 aliphatic heterocycles. The molecule has 0 saturated carbocycles. The molecule has 0 aliphatic rings. The van der Waals surface area contributed by atoms with Gasteiger partial charge in [0.15, 0.2) is 6.10 Å². The van der Waals surface area contributed by atoms with Gasteiger partial charge in [-0.2, -0.15) is 0 Å². The third-order valence-corrected chi connectivity index (χ3v) is 4.06. The van der Waals surface area contributed by atoms with E-state index in [2.05, 4.69) is 26.1 Å². The van der Waals surface area contributed by atoms with Gasteiger partial charge in [-0.1, -0.05) is 63.2 Å². The molecule has 2 rings (SSSR count). The van der Waals surface area contributed by atoms with Crippen molar-refractivity contribution >= 4 is 5.91 Å². The smallest absolute Gasteiger partial charge is 0.260 e. The fourth-order valence-electron chi connectivity index (χ4n) is 2.45. The normalized spacial score (nSPS) is 12.5. The monoisotopic (exact) mass is 355 g/mol. The maximum absolute atomic E-state index is 12.1. The molecule has 0 saturated heterocycles. The first kappa shape index (κ1) is 20.0. The second kappa shape index (κ2) is 9.39. The summed E-state index contributed by atoms with van der Waals surface area (Å²) in [6.45, 7) is 9.72. The summed E-state index contributed by atoms with van der Waals surface area (Å²) in [5, 5.41) is 2.84. The molecule has 0 bridgehead atoms. The highest BCUT2D eigenvalue weighted by Gasteiger charge is 2.16. The van der Waals surface area contributed by atoms with E-state index in [9.17, 15) is 4.79 Å². The third-order valence-electron chi connectivity index (χ3n) is 4.06. The van der Waals surface area contributed by atoms with Crippen molar-refractivity contribution in [3.8, 4) is 5.75 Å². The molecule has 0 radical (unpaired) electrons. The first-order valence-corrected chi connectivity index (χ1v) is 9.03. The van der Waals surface area contributed by atoms with E-state index >= 15 is 0 Å². The van der Waals surface area contributed by atoms with Gasteiger partial charge in [-0.3, -0.25) is 4.79 Å². The lowest BCUT2D eigenvalue weighted by Gasteiger charge is -2.20. The Kier molecular flexibility index (Phi) is 7.22. The van der Waals surface area contributed by atoms with Gasteiger partial charge in [0.1, 0.15) is 5.75 Å². The SMILES string of the molecule is CC(Oc1ccc(C(C)(C)C)cc1)C(=O)NCCOCc1ccccc1. The molecule has 2 aromatic rings. The van der Waals surface area contributed by atoms with Gasteiger partial charge in [0.25, 0.3) is 5.91 Å². The summed E-state index contributed by atoms with van der Waals surface area (Å²) >= 11 is 0. The van der Waals surface area contributed by atoms with E-state index in [0.29, 0.717) is 25.5 Å². The number of carbonyl (C=O) groups excluding carboxylic acids is 1. The molecule has 0 heterocycles. The lowest BCUT2D eigenvalue weighted by atomic mass is 9.87. The predicted octanol–water partition coefficient (Wildman–Crippen LogP) is 4.08. The molecule has 0 fully saturated rings. The molecule has 1 amide bonds. The number of hydrogen-bond donors (Lipinski definition) is 1. The Morgan fingerprint density at radius 3 is 2.31 bits per heavy atom. The van der Waals surface area contributed by atoms with E-state index in [1.54, 1.807) is 6.92 Å². The molecule has 0 spiro atoms. The average molecular weight is 355 g/mol. The van der Waals surface area contributed by atoms with Crippen molar-refractivity contribution in [2.75, 3.05) is 13.2 Å². The number of hydrogen-bond acceptors (Lipinski definition) is 3. The number of carbonyl (C=O) groups is 1. The van der Waals surface area contributed by atoms with Crippen LogP contribution in [0.25, 0.3) is 0 Å². The second-order valence-electron chi connectivity index (χ2n) is 7.36. The lowest BCUT2D eigenvalue weighted by molar-refractivity contribution is -0.127. The van der Waals surface area contributed by atoms with Crippen LogP contribution in [0.5, 0.6) is 5.75 Å². The molecular weight excluding hydrogens is 326 g/mol. The van der Waals surface area contributed by atoms with Gasteiger partial charge in [-0.15, -0.1) is 0 Å². The summed E-state index contributed by atoms with van der Waals surface area (Å²) in [5.41, 5.74) is 2.45. The van der Waals surface area contributed by atoms with Crippen LogP contribution in [0.2, 0.25) is 0 Å². The third kappa shape index (κ3) is 6.52. The zero-order chi connectivity index (χ0) is 19.0. The molecular formula is C22H29NO3. The van der Waals surface area contributed by atoms with Crippen LogP contribution in [0.15, 0.2) is 54.6 Å². The van der Waals surface area contributed by atoms with E-state index < -0.39 is 6.10 Å². The molecule has 4 nitrogen and oxygen atoms in total. The van der Waals surface area contributed by atoms with E-state index in [4.69, 9.17) is 9.47 Å². The number of amides is 1. The fraction of sp³-hybridized carbons (Fsp3) is 0.409. The predicted molar refractivity (Wildman–Crippen MR) is 104 cm³/mol. The van der Waals surface area contributed by atoms with Gasteiger partial charge in [-0.25, -0.2) is 0 Å². The highest BCUT2D eigenvalue weighted by atomic mass is 16.5. The van der Waals surface area contributed by atoms with Crippen LogP contribution in [-0.2, 0) is 21.6 Å². The second-order valence-corrected chi connectivity index (χ2v) is 7.36. The van der Waals surface area contributed by atoms with E-state index in [1.807, 2.05) is 54.6 Å². The topological polar surface area (TPSA) is 47.6 Å². The molecule has 26 heavy (non-hydrogen) atoms. The Bertz CT molecular complexity index is 675.